The van der Waals surface area contributed by atoms with E-state index in [0.29, 0.717) is 16.9 Å². The Morgan fingerprint density at radius 2 is 1.88 bits per heavy atom. The second-order valence-corrected chi connectivity index (χ2v) is 8.12. The van der Waals surface area contributed by atoms with Crippen LogP contribution in [0.2, 0.25) is 0 Å². The van der Waals surface area contributed by atoms with Crippen LogP contribution >= 0.6 is 0 Å². The Balaban J connectivity index is 1.69. The summed E-state index contributed by atoms with van der Waals surface area (Å²) < 4.78 is 51.2. The molecule has 0 saturated carbocycles. The van der Waals surface area contributed by atoms with E-state index in [0.717, 1.165) is 30.5 Å². The molecule has 0 aliphatic heterocycles. The molecule has 3 aromatic carbocycles. The summed E-state index contributed by atoms with van der Waals surface area (Å²) in [5, 5.41) is 0. The monoisotopic (exact) mass is 455 g/mol. The van der Waals surface area contributed by atoms with Crippen molar-refractivity contribution in [1.29, 1.82) is 0 Å². The van der Waals surface area contributed by atoms with E-state index >= 15 is 0 Å². The molecule has 33 heavy (non-hydrogen) atoms. The fourth-order valence-corrected chi connectivity index (χ4v) is 4.34. The van der Waals surface area contributed by atoms with Gasteiger partial charge in [-0.1, -0.05) is 36.4 Å². The van der Waals surface area contributed by atoms with E-state index in [4.69, 9.17) is 15.2 Å². The number of aryl methyl sites for hydroxylation is 1. The van der Waals surface area contributed by atoms with Gasteiger partial charge in [0.15, 0.2) is 0 Å². The third kappa shape index (κ3) is 5.03. The van der Waals surface area contributed by atoms with Crippen LogP contribution in [0.5, 0.6) is 11.5 Å². The number of fused-ring (bicyclic) bond motifs is 1. The smallest absolute Gasteiger partial charge is 0.416 e. The number of benzene rings is 3. The number of hydrogen-bond donors (Lipinski definition) is 1. The van der Waals surface area contributed by atoms with Gasteiger partial charge in [-0.05, 0) is 59.9 Å². The highest BCUT2D eigenvalue weighted by Crippen LogP contribution is 2.44. The fraction of sp³-hybridized carbons (Fsp3) is 0.269. The fourth-order valence-electron chi connectivity index (χ4n) is 4.34. The second kappa shape index (κ2) is 9.27. The number of alkyl halides is 3. The van der Waals surface area contributed by atoms with Crippen LogP contribution in [0.1, 0.15) is 46.2 Å². The lowest BCUT2D eigenvalue weighted by Gasteiger charge is -2.24. The van der Waals surface area contributed by atoms with Crippen molar-refractivity contribution in [3.8, 4) is 11.5 Å². The summed E-state index contributed by atoms with van der Waals surface area (Å²) in [6.07, 6.45) is -2.85. The summed E-state index contributed by atoms with van der Waals surface area (Å²) >= 11 is 0. The number of methoxy groups -OCH3 is 1. The topological polar surface area (TPSA) is 61.5 Å². The predicted octanol–water partition coefficient (Wildman–Crippen LogP) is 5.94. The van der Waals surface area contributed by atoms with Gasteiger partial charge in [-0.15, -0.1) is 0 Å². The zero-order chi connectivity index (χ0) is 23.6. The van der Waals surface area contributed by atoms with Crippen LogP contribution in [0.4, 0.5) is 13.2 Å². The maximum Gasteiger partial charge on any atom is 0.416 e. The molecule has 2 N–H and O–H groups in total. The molecule has 0 spiro atoms. The van der Waals surface area contributed by atoms with E-state index in [1.54, 1.807) is 24.3 Å². The highest BCUT2D eigenvalue weighted by atomic mass is 19.4. The number of nitrogens with two attached hydrogens (primary N) is 1. The quantitative estimate of drug-likeness (QED) is 0.467. The van der Waals surface area contributed by atoms with Crippen molar-refractivity contribution >= 4 is 5.97 Å². The van der Waals surface area contributed by atoms with Gasteiger partial charge in [0.05, 0.1) is 19.1 Å². The van der Waals surface area contributed by atoms with Crippen molar-refractivity contribution in [2.75, 3.05) is 7.11 Å². The molecule has 0 amide bonds. The van der Waals surface area contributed by atoms with E-state index < -0.39 is 23.8 Å². The van der Waals surface area contributed by atoms with Crippen LogP contribution in [0.3, 0.4) is 0 Å². The third-order valence-corrected chi connectivity index (χ3v) is 6.01. The predicted molar refractivity (Wildman–Crippen MR) is 118 cm³/mol. The second-order valence-electron chi connectivity index (χ2n) is 8.12. The van der Waals surface area contributed by atoms with Crippen LogP contribution in [0.15, 0.2) is 66.7 Å². The summed E-state index contributed by atoms with van der Waals surface area (Å²) in [6, 6.07) is 17.4. The zero-order valence-electron chi connectivity index (χ0n) is 18.1. The molecule has 0 fully saturated rings. The zero-order valence-corrected chi connectivity index (χ0v) is 18.1. The molecule has 7 heteroatoms. The average Bonchev–Trinajstić information content (AvgIpc) is 3.22. The first-order chi connectivity index (χ1) is 15.8. The van der Waals surface area contributed by atoms with Crippen LogP contribution in [0, 0.1) is 0 Å². The Bertz CT molecular complexity index is 1160. The molecule has 1 aliphatic rings. The molecule has 0 bridgehead atoms. The van der Waals surface area contributed by atoms with Crippen molar-refractivity contribution in [2.45, 2.75) is 37.4 Å². The largest absolute Gasteiger partial charge is 0.469 e. The van der Waals surface area contributed by atoms with E-state index in [9.17, 15) is 18.0 Å². The lowest BCUT2D eigenvalue weighted by Crippen LogP contribution is -2.20. The van der Waals surface area contributed by atoms with Crippen LogP contribution < -0.4 is 10.5 Å². The lowest BCUT2D eigenvalue weighted by atomic mass is 9.87. The van der Waals surface area contributed by atoms with Gasteiger partial charge in [0, 0.05) is 17.5 Å². The van der Waals surface area contributed by atoms with Crippen molar-refractivity contribution in [1.82, 2.24) is 0 Å². The first kappa shape index (κ1) is 22.9. The van der Waals surface area contributed by atoms with Gasteiger partial charge >= 0.3 is 12.1 Å². The number of ether oxygens (including phenoxy) is 2. The molecular formula is C26H24F3NO3. The van der Waals surface area contributed by atoms with Crippen molar-refractivity contribution in [3.05, 3.63) is 94.5 Å². The maximum absolute atomic E-state index is 13.5. The van der Waals surface area contributed by atoms with Crippen LogP contribution in [-0.4, -0.2) is 13.1 Å². The summed E-state index contributed by atoms with van der Waals surface area (Å²) in [5.74, 6) is 0.147. The molecule has 0 heterocycles. The molecule has 2 atom stereocenters. The minimum Gasteiger partial charge on any atom is -0.469 e. The minimum atomic E-state index is -4.50. The number of esters is 1. The van der Waals surface area contributed by atoms with Gasteiger partial charge in [0.25, 0.3) is 0 Å². The molecule has 1 unspecified atom stereocenters. The van der Waals surface area contributed by atoms with Crippen molar-refractivity contribution in [2.24, 2.45) is 5.73 Å². The van der Waals surface area contributed by atoms with Crippen LogP contribution in [-0.2, 0) is 28.5 Å². The third-order valence-electron chi connectivity index (χ3n) is 6.01. The van der Waals surface area contributed by atoms with E-state index in [-0.39, 0.29) is 18.1 Å². The molecule has 0 saturated heterocycles. The van der Waals surface area contributed by atoms with Gasteiger partial charge in [0.2, 0.25) is 0 Å². The Hall–Kier alpha value is -3.32. The number of rotatable bonds is 6. The molecule has 0 aromatic heterocycles. The average molecular weight is 455 g/mol. The van der Waals surface area contributed by atoms with Crippen LogP contribution in [0.25, 0.3) is 0 Å². The Kier molecular flexibility index (Phi) is 6.42. The first-order valence-corrected chi connectivity index (χ1v) is 10.6. The Morgan fingerprint density at radius 1 is 1.09 bits per heavy atom. The van der Waals surface area contributed by atoms with Gasteiger partial charge < -0.3 is 15.2 Å². The van der Waals surface area contributed by atoms with E-state index in [2.05, 4.69) is 0 Å². The Morgan fingerprint density at radius 3 is 2.64 bits per heavy atom. The van der Waals surface area contributed by atoms with Gasteiger partial charge in [0.1, 0.15) is 11.5 Å². The highest BCUT2D eigenvalue weighted by Gasteiger charge is 2.34. The maximum atomic E-state index is 13.5. The van der Waals surface area contributed by atoms with Crippen molar-refractivity contribution in [3.63, 3.8) is 0 Å². The lowest BCUT2D eigenvalue weighted by molar-refractivity contribution is -0.140. The van der Waals surface area contributed by atoms with Gasteiger partial charge in [-0.2, -0.15) is 13.2 Å². The summed E-state index contributed by atoms with van der Waals surface area (Å²) in [7, 11) is 1.31. The highest BCUT2D eigenvalue weighted by molar-refractivity contribution is 5.72. The summed E-state index contributed by atoms with van der Waals surface area (Å²) in [6.45, 7) is 0. The van der Waals surface area contributed by atoms with E-state index in [1.807, 2.05) is 24.3 Å². The first-order valence-electron chi connectivity index (χ1n) is 10.6. The molecule has 0 radical (unpaired) electrons. The minimum absolute atomic E-state index is 0.0614. The molecule has 4 nitrogen and oxygen atoms in total. The normalized spacial score (nSPS) is 16.2. The molecular weight excluding hydrogens is 431 g/mol. The molecule has 172 valence electrons. The molecule has 3 aromatic rings. The van der Waals surface area contributed by atoms with E-state index in [1.165, 1.54) is 18.7 Å². The number of carbonyl (C=O) groups excluding carboxylic acids is 1. The number of carbonyl (C=O) groups is 1. The van der Waals surface area contributed by atoms with Crippen molar-refractivity contribution < 1.29 is 27.4 Å². The van der Waals surface area contributed by atoms with Gasteiger partial charge in [-0.25, -0.2) is 0 Å². The summed E-state index contributed by atoms with van der Waals surface area (Å²) in [5.41, 5.74) is 9.01. The SMILES string of the molecule is COC(=O)Cc1cccc(Oc2ccc(C(F)(F)F)cc2[C@H](N)C2CCc3ccccc32)c1. The molecule has 1 aliphatic carbocycles. The molecule has 4 rings (SSSR count). The Labute approximate surface area is 190 Å². The number of hydrogen-bond acceptors (Lipinski definition) is 4. The van der Waals surface area contributed by atoms with Gasteiger partial charge in [-0.3, -0.25) is 4.79 Å². The number of halogens is 3. The summed E-state index contributed by atoms with van der Waals surface area (Å²) in [4.78, 5) is 11.6. The standard InChI is InChI=1S/C26H24F3NO3/c1-32-24(31)14-16-5-4-7-19(13-16)33-23-12-10-18(26(27,28)29)15-22(23)25(30)21-11-9-17-6-2-3-8-20(17)21/h2-8,10,12-13,15,21,25H,9,11,14,30H2,1H3/t21?,25-/m1/s1.